The molecule has 0 atom stereocenters. The van der Waals surface area contributed by atoms with Gasteiger partial charge in [-0.25, -0.2) is 0 Å². The standard InChI is InChI=1S/C22H12Cl2O4/c23-15-6-7-16(24)21-20(15)14(12-3-1-2-4-13(12)22(21)28)10-18(26)11-5-8-17(25)19(27)9-11/h1-10,25,27H/b14-10+. The number of halogens is 2. The third kappa shape index (κ3) is 2.87. The van der Waals surface area contributed by atoms with Gasteiger partial charge in [0, 0.05) is 21.7 Å². The predicted octanol–water partition coefficient (Wildman–Crippen LogP) is 5.26. The van der Waals surface area contributed by atoms with Crippen LogP contribution < -0.4 is 0 Å². The summed E-state index contributed by atoms with van der Waals surface area (Å²) in [6, 6.07) is 13.8. The molecule has 0 heterocycles. The highest BCUT2D eigenvalue weighted by molar-refractivity contribution is 6.40. The summed E-state index contributed by atoms with van der Waals surface area (Å²) in [5.41, 5.74) is 2.29. The number of phenols is 2. The Balaban J connectivity index is 1.97. The highest BCUT2D eigenvalue weighted by atomic mass is 35.5. The Morgan fingerprint density at radius 2 is 1.46 bits per heavy atom. The Labute approximate surface area is 170 Å². The second kappa shape index (κ2) is 6.82. The second-order valence-corrected chi connectivity index (χ2v) is 7.09. The largest absolute Gasteiger partial charge is 0.504 e. The molecule has 28 heavy (non-hydrogen) atoms. The van der Waals surface area contributed by atoms with Crippen LogP contribution in [0.15, 0.2) is 60.7 Å². The number of hydrogen-bond acceptors (Lipinski definition) is 4. The van der Waals surface area contributed by atoms with Crippen molar-refractivity contribution in [3.63, 3.8) is 0 Å². The van der Waals surface area contributed by atoms with Gasteiger partial charge in [0.25, 0.3) is 0 Å². The van der Waals surface area contributed by atoms with Crippen LogP contribution in [-0.4, -0.2) is 21.8 Å². The van der Waals surface area contributed by atoms with Gasteiger partial charge < -0.3 is 10.2 Å². The number of allylic oxidation sites excluding steroid dienone is 1. The zero-order chi connectivity index (χ0) is 20.0. The van der Waals surface area contributed by atoms with Gasteiger partial charge in [-0.2, -0.15) is 0 Å². The Morgan fingerprint density at radius 3 is 2.14 bits per heavy atom. The molecule has 0 bridgehead atoms. The van der Waals surface area contributed by atoms with Crippen molar-refractivity contribution < 1.29 is 19.8 Å². The van der Waals surface area contributed by atoms with Crippen LogP contribution in [0.3, 0.4) is 0 Å². The molecule has 2 N–H and O–H groups in total. The van der Waals surface area contributed by atoms with Crippen LogP contribution in [0.4, 0.5) is 0 Å². The van der Waals surface area contributed by atoms with Gasteiger partial charge in [0.1, 0.15) is 0 Å². The number of fused-ring (bicyclic) bond motifs is 2. The molecule has 0 amide bonds. The van der Waals surface area contributed by atoms with Crippen LogP contribution in [0.2, 0.25) is 10.0 Å². The molecule has 3 aromatic carbocycles. The number of phenolic OH excluding ortho intramolecular Hbond substituents is 2. The van der Waals surface area contributed by atoms with E-state index in [1.54, 1.807) is 36.4 Å². The molecule has 1 aliphatic carbocycles. The first-order chi connectivity index (χ1) is 13.4. The van der Waals surface area contributed by atoms with Crippen molar-refractivity contribution in [1.82, 2.24) is 0 Å². The molecule has 0 saturated heterocycles. The Kier molecular flexibility index (Phi) is 4.46. The maximum atomic E-state index is 12.9. The second-order valence-electron chi connectivity index (χ2n) is 6.28. The minimum absolute atomic E-state index is 0.178. The molecule has 0 saturated carbocycles. The first-order valence-electron chi connectivity index (χ1n) is 8.29. The van der Waals surface area contributed by atoms with Crippen LogP contribution in [0.25, 0.3) is 5.57 Å². The van der Waals surface area contributed by atoms with Gasteiger partial charge in [-0.15, -0.1) is 0 Å². The summed E-state index contributed by atoms with van der Waals surface area (Å²) in [7, 11) is 0. The van der Waals surface area contributed by atoms with E-state index in [-0.39, 0.29) is 27.7 Å². The van der Waals surface area contributed by atoms with E-state index in [9.17, 15) is 19.8 Å². The number of ketones is 2. The number of carbonyl (C=O) groups excluding carboxylic acids is 2. The van der Waals surface area contributed by atoms with E-state index in [4.69, 9.17) is 23.2 Å². The summed E-state index contributed by atoms with van der Waals surface area (Å²) in [6.45, 7) is 0. The lowest BCUT2D eigenvalue weighted by Gasteiger charge is -2.23. The fourth-order valence-electron chi connectivity index (χ4n) is 3.26. The van der Waals surface area contributed by atoms with E-state index in [0.717, 1.165) is 0 Å². The highest BCUT2D eigenvalue weighted by Gasteiger charge is 2.31. The molecular formula is C22H12Cl2O4. The Morgan fingerprint density at radius 1 is 0.821 bits per heavy atom. The number of rotatable bonds is 2. The first-order valence-corrected chi connectivity index (χ1v) is 9.04. The average molecular weight is 411 g/mol. The monoisotopic (exact) mass is 410 g/mol. The van der Waals surface area contributed by atoms with Crippen molar-refractivity contribution in [2.75, 3.05) is 0 Å². The van der Waals surface area contributed by atoms with Crippen molar-refractivity contribution in [1.29, 1.82) is 0 Å². The number of carbonyl (C=O) groups is 2. The summed E-state index contributed by atoms with van der Waals surface area (Å²) in [5.74, 6) is -1.40. The minimum Gasteiger partial charge on any atom is -0.504 e. The third-order valence-corrected chi connectivity index (χ3v) is 5.23. The summed E-state index contributed by atoms with van der Waals surface area (Å²) in [4.78, 5) is 25.8. The van der Waals surface area contributed by atoms with Crippen molar-refractivity contribution in [2.45, 2.75) is 0 Å². The van der Waals surface area contributed by atoms with Crippen LogP contribution in [0.1, 0.15) is 37.4 Å². The van der Waals surface area contributed by atoms with Crippen LogP contribution in [-0.2, 0) is 0 Å². The summed E-state index contributed by atoms with van der Waals surface area (Å²) < 4.78 is 0. The van der Waals surface area contributed by atoms with Gasteiger partial charge >= 0.3 is 0 Å². The minimum atomic E-state index is -0.420. The molecule has 0 spiro atoms. The molecule has 0 radical (unpaired) electrons. The average Bonchev–Trinajstić information content (AvgIpc) is 2.69. The zero-order valence-corrected chi connectivity index (χ0v) is 15.8. The van der Waals surface area contributed by atoms with E-state index < -0.39 is 11.5 Å². The summed E-state index contributed by atoms with van der Waals surface area (Å²) in [5, 5.41) is 19.7. The maximum Gasteiger partial charge on any atom is 0.195 e. The predicted molar refractivity (Wildman–Crippen MR) is 108 cm³/mol. The summed E-state index contributed by atoms with van der Waals surface area (Å²) in [6.07, 6.45) is 1.36. The van der Waals surface area contributed by atoms with Crippen molar-refractivity contribution in [3.05, 3.63) is 98.5 Å². The number of hydrogen-bond donors (Lipinski definition) is 2. The molecule has 4 rings (SSSR count). The van der Waals surface area contributed by atoms with Crippen LogP contribution in [0, 0.1) is 0 Å². The molecule has 4 nitrogen and oxygen atoms in total. The van der Waals surface area contributed by atoms with Gasteiger partial charge in [0.2, 0.25) is 0 Å². The molecule has 3 aromatic rings. The fourth-order valence-corrected chi connectivity index (χ4v) is 3.77. The molecule has 0 aromatic heterocycles. The van der Waals surface area contributed by atoms with E-state index in [2.05, 4.69) is 0 Å². The van der Waals surface area contributed by atoms with E-state index in [0.29, 0.717) is 27.3 Å². The van der Waals surface area contributed by atoms with Gasteiger partial charge in [-0.05, 0) is 47.5 Å². The van der Waals surface area contributed by atoms with Crippen molar-refractivity contribution in [3.8, 4) is 11.5 Å². The van der Waals surface area contributed by atoms with Gasteiger partial charge in [0.15, 0.2) is 23.1 Å². The SMILES string of the molecule is O=C(/C=C1\c2ccccc2C(=O)c2c(Cl)ccc(Cl)c21)c1ccc(O)c(O)c1. The lowest BCUT2D eigenvalue weighted by atomic mass is 9.80. The van der Waals surface area contributed by atoms with E-state index in [1.807, 2.05) is 0 Å². The number of benzene rings is 3. The van der Waals surface area contributed by atoms with Crippen LogP contribution >= 0.6 is 23.2 Å². The smallest absolute Gasteiger partial charge is 0.195 e. The zero-order valence-electron chi connectivity index (χ0n) is 14.2. The molecule has 1 aliphatic rings. The lowest BCUT2D eigenvalue weighted by molar-refractivity contribution is 0.103. The molecular weight excluding hydrogens is 399 g/mol. The van der Waals surface area contributed by atoms with E-state index >= 15 is 0 Å². The van der Waals surface area contributed by atoms with E-state index in [1.165, 1.54) is 24.3 Å². The van der Waals surface area contributed by atoms with Gasteiger partial charge in [0.05, 0.1) is 10.6 Å². The molecule has 6 heteroatoms. The molecule has 0 fully saturated rings. The van der Waals surface area contributed by atoms with Gasteiger partial charge in [-0.1, -0.05) is 47.5 Å². The fraction of sp³-hybridized carbons (Fsp3) is 0. The van der Waals surface area contributed by atoms with Gasteiger partial charge in [-0.3, -0.25) is 9.59 Å². The Bertz CT molecular complexity index is 1200. The van der Waals surface area contributed by atoms with Crippen molar-refractivity contribution in [2.24, 2.45) is 0 Å². The third-order valence-electron chi connectivity index (χ3n) is 4.60. The number of aromatic hydroxyl groups is 2. The molecule has 138 valence electrons. The molecule has 0 aliphatic heterocycles. The highest BCUT2D eigenvalue weighted by Crippen LogP contribution is 2.42. The summed E-state index contributed by atoms with van der Waals surface area (Å²) >= 11 is 12.7. The topological polar surface area (TPSA) is 74.6 Å². The quantitative estimate of drug-likeness (QED) is 0.268. The first kappa shape index (κ1) is 18.3. The maximum absolute atomic E-state index is 12.9. The van der Waals surface area contributed by atoms with Crippen LogP contribution in [0.5, 0.6) is 11.5 Å². The molecule has 0 unspecified atom stereocenters. The lowest BCUT2D eigenvalue weighted by Crippen LogP contribution is -2.16. The normalized spacial score (nSPS) is 13.9. The van der Waals surface area contributed by atoms with Crippen molar-refractivity contribution >= 4 is 40.3 Å². The Hall–Kier alpha value is -3.08.